The molecular weight excluding hydrogens is 566 g/mol. The number of esters is 1. The lowest BCUT2D eigenvalue weighted by Gasteiger charge is -2.30. The standard InChI is InChI=1S/C25H22ClN5O10/c1-12(32)39-20(22(35)27-14-4-2-13(3-5-14)21-29-25(38)41-30-21)16(11-19(33)34)23(36)31(9-8-26)15-6-7-17-18(10-15)40-24(37)28-17/h2-7,10,16,20H,8-9,11H2,1H3,(H,27,35)(H,28,37)(H,33,34)(H,29,30,38)/t16-,20-/m1/s1. The number of halogens is 1. The predicted molar refractivity (Wildman–Crippen MR) is 142 cm³/mol. The van der Waals surface area contributed by atoms with E-state index in [1.54, 1.807) is 0 Å². The fourth-order valence-corrected chi connectivity index (χ4v) is 4.21. The molecule has 4 aromatic rings. The molecule has 0 aliphatic carbocycles. The summed E-state index contributed by atoms with van der Waals surface area (Å²) in [5, 5.41) is 15.7. The Balaban J connectivity index is 1.64. The lowest BCUT2D eigenvalue weighted by atomic mass is 9.95. The molecule has 0 radical (unpaired) electrons. The van der Waals surface area contributed by atoms with Gasteiger partial charge in [-0.05, 0) is 36.4 Å². The number of aromatic amines is 2. The Labute approximate surface area is 234 Å². The number of hydrogen-bond acceptors (Lipinski definition) is 10. The third-order valence-electron chi connectivity index (χ3n) is 5.79. The highest BCUT2D eigenvalue weighted by atomic mass is 35.5. The van der Waals surface area contributed by atoms with E-state index in [4.69, 9.17) is 20.8 Å². The largest absolute Gasteiger partial charge is 0.481 e. The van der Waals surface area contributed by atoms with Crippen LogP contribution in [-0.2, 0) is 23.9 Å². The van der Waals surface area contributed by atoms with Gasteiger partial charge < -0.3 is 24.5 Å². The fourth-order valence-electron chi connectivity index (χ4n) is 4.04. The summed E-state index contributed by atoms with van der Waals surface area (Å²) < 4.78 is 14.7. The van der Waals surface area contributed by atoms with E-state index in [0.29, 0.717) is 11.1 Å². The van der Waals surface area contributed by atoms with Crippen LogP contribution in [0, 0.1) is 5.92 Å². The molecule has 2 aromatic carbocycles. The minimum atomic E-state index is -1.85. The second-order valence-electron chi connectivity index (χ2n) is 8.62. The van der Waals surface area contributed by atoms with Crippen molar-refractivity contribution in [2.75, 3.05) is 22.6 Å². The van der Waals surface area contributed by atoms with Crippen LogP contribution in [-0.4, -0.2) is 62.5 Å². The smallest absolute Gasteiger partial charge is 0.439 e. The van der Waals surface area contributed by atoms with E-state index in [1.807, 2.05) is 0 Å². The van der Waals surface area contributed by atoms with Crippen molar-refractivity contribution in [3.05, 3.63) is 63.6 Å². The number of nitrogens with zero attached hydrogens (tertiary/aromatic N) is 2. The number of rotatable bonds is 11. The lowest BCUT2D eigenvalue weighted by molar-refractivity contribution is -0.160. The molecule has 0 aliphatic rings. The van der Waals surface area contributed by atoms with E-state index in [9.17, 15) is 33.9 Å². The second-order valence-corrected chi connectivity index (χ2v) is 9.00. The molecule has 2 aromatic heterocycles. The van der Waals surface area contributed by atoms with Crippen LogP contribution < -0.4 is 21.7 Å². The van der Waals surface area contributed by atoms with Gasteiger partial charge in [-0.3, -0.25) is 33.7 Å². The summed E-state index contributed by atoms with van der Waals surface area (Å²) in [6.45, 7) is 0.894. The predicted octanol–water partition coefficient (Wildman–Crippen LogP) is 1.70. The van der Waals surface area contributed by atoms with Gasteiger partial charge in [-0.25, -0.2) is 9.59 Å². The minimum Gasteiger partial charge on any atom is -0.481 e. The molecule has 4 N–H and O–H groups in total. The Hall–Kier alpha value is -5.18. The average Bonchev–Trinajstić information content (AvgIpc) is 3.52. The Kier molecular flexibility index (Phi) is 8.67. The normalized spacial score (nSPS) is 12.4. The summed E-state index contributed by atoms with van der Waals surface area (Å²) in [6.07, 6.45) is -2.72. The number of carbonyl (C=O) groups is 4. The second kappa shape index (κ2) is 12.3. The topological polar surface area (TPSA) is 218 Å². The van der Waals surface area contributed by atoms with E-state index in [0.717, 1.165) is 11.8 Å². The van der Waals surface area contributed by atoms with Gasteiger partial charge in [0.2, 0.25) is 5.91 Å². The van der Waals surface area contributed by atoms with E-state index in [1.165, 1.54) is 42.5 Å². The molecule has 2 atom stereocenters. The molecule has 2 heterocycles. The van der Waals surface area contributed by atoms with E-state index >= 15 is 0 Å². The van der Waals surface area contributed by atoms with Crippen LogP contribution in [0.1, 0.15) is 13.3 Å². The first-order valence-electron chi connectivity index (χ1n) is 11.9. The lowest BCUT2D eigenvalue weighted by Crippen LogP contribution is -2.48. The molecule has 0 saturated heterocycles. The van der Waals surface area contributed by atoms with Crippen LogP contribution in [0.15, 0.2) is 61.0 Å². The Morgan fingerprint density at radius 1 is 1.10 bits per heavy atom. The highest BCUT2D eigenvalue weighted by Crippen LogP contribution is 2.26. The molecule has 15 nitrogen and oxygen atoms in total. The number of aromatic nitrogens is 3. The summed E-state index contributed by atoms with van der Waals surface area (Å²) in [5.74, 6) is -7.29. The molecule has 16 heteroatoms. The summed E-state index contributed by atoms with van der Waals surface area (Å²) >= 11 is 5.93. The zero-order valence-electron chi connectivity index (χ0n) is 21.2. The van der Waals surface area contributed by atoms with Gasteiger partial charge >= 0.3 is 23.5 Å². The van der Waals surface area contributed by atoms with Crippen molar-refractivity contribution in [3.8, 4) is 11.4 Å². The Bertz CT molecular complexity index is 1700. The number of amides is 2. The zero-order chi connectivity index (χ0) is 29.7. The van der Waals surface area contributed by atoms with Gasteiger partial charge in [-0.1, -0.05) is 5.16 Å². The minimum absolute atomic E-state index is 0.0752. The third kappa shape index (κ3) is 6.88. The van der Waals surface area contributed by atoms with Crippen molar-refractivity contribution < 1.29 is 38.0 Å². The number of benzene rings is 2. The molecule has 41 heavy (non-hydrogen) atoms. The van der Waals surface area contributed by atoms with E-state index < -0.39 is 53.7 Å². The number of carboxylic acid groups (broad SMARTS) is 1. The number of H-pyrrole nitrogens is 2. The van der Waals surface area contributed by atoms with Crippen LogP contribution >= 0.6 is 11.6 Å². The van der Waals surface area contributed by atoms with Crippen molar-refractivity contribution in [3.63, 3.8) is 0 Å². The average molecular weight is 588 g/mol. The number of anilines is 2. The van der Waals surface area contributed by atoms with Crippen molar-refractivity contribution in [1.29, 1.82) is 0 Å². The number of ether oxygens (including phenoxy) is 1. The zero-order valence-corrected chi connectivity index (χ0v) is 22.0. The monoisotopic (exact) mass is 587 g/mol. The quantitative estimate of drug-likeness (QED) is 0.146. The fraction of sp³-hybridized carbons (Fsp3) is 0.240. The number of aliphatic carboxylic acids is 1. The third-order valence-corrected chi connectivity index (χ3v) is 5.95. The molecule has 0 unspecified atom stereocenters. The first kappa shape index (κ1) is 28.8. The summed E-state index contributed by atoms with van der Waals surface area (Å²) in [4.78, 5) is 79.6. The summed E-state index contributed by atoms with van der Waals surface area (Å²) in [7, 11) is 0. The molecule has 0 saturated carbocycles. The van der Waals surface area contributed by atoms with E-state index in [2.05, 4.69) is 25.0 Å². The Morgan fingerprint density at radius 2 is 1.83 bits per heavy atom. The summed E-state index contributed by atoms with van der Waals surface area (Å²) in [6, 6.07) is 10.2. The van der Waals surface area contributed by atoms with Gasteiger partial charge in [0.15, 0.2) is 17.5 Å². The van der Waals surface area contributed by atoms with Gasteiger partial charge in [0.1, 0.15) is 0 Å². The Morgan fingerprint density at radius 3 is 2.44 bits per heavy atom. The van der Waals surface area contributed by atoms with Gasteiger partial charge in [0.05, 0.1) is 17.9 Å². The van der Waals surface area contributed by atoms with Crippen LogP contribution in [0.2, 0.25) is 0 Å². The molecule has 0 aliphatic heterocycles. The molecule has 2 amide bonds. The van der Waals surface area contributed by atoms with E-state index in [-0.39, 0.29) is 35.2 Å². The van der Waals surface area contributed by atoms with Crippen molar-refractivity contribution >= 4 is 57.8 Å². The van der Waals surface area contributed by atoms with Gasteiger partial charge in [-0.15, -0.1) is 11.6 Å². The van der Waals surface area contributed by atoms with Crippen molar-refractivity contribution in [2.45, 2.75) is 19.4 Å². The molecular formula is C25H22ClN5O10. The maximum atomic E-state index is 13.8. The van der Waals surface area contributed by atoms with Crippen molar-refractivity contribution in [1.82, 2.24) is 15.1 Å². The molecule has 0 bridgehead atoms. The SMILES string of the molecule is CC(=O)O[C@@H](C(=O)Nc1ccc(-c2noc(=O)[nH]2)cc1)[C@@H](CC(=O)O)C(=O)N(CCCl)c1ccc2[nH]c(=O)oc2c1. The highest BCUT2D eigenvalue weighted by molar-refractivity contribution is 6.18. The number of fused-ring (bicyclic) bond motifs is 1. The van der Waals surface area contributed by atoms with Crippen LogP contribution in [0.3, 0.4) is 0 Å². The number of carboxylic acids is 1. The van der Waals surface area contributed by atoms with Gasteiger partial charge in [0.25, 0.3) is 5.91 Å². The number of carbonyl (C=O) groups excluding carboxylic acids is 3. The van der Waals surface area contributed by atoms with Crippen LogP contribution in [0.4, 0.5) is 11.4 Å². The number of nitrogens with one attached hydrogen (secondary N) is 3. The highest BCUT2D eigenvalue weighted by Gasteiger charge is 2.40. The maximum Gasteiger partial charge on any atom is 0.439 e. The number of oxazole rings is 1. The number of alkyl halides is 1. The first-order chi connectivity index (χ1) is 19.5. The van der Waals surface area contributed by atoms with Crippen molar-refractivity contribution in [2.24, 2.45) is 5.92 Å². The molecule has 214 valence electrons. The summed E-state index contributed by atoms with van der Waals surface area (Å²) in [5.41, 5.74) is 1.34. The van der Waals surface area contributed by atoms with Gasteiger partial charge in [-0.2, -0.15) is 0 Å². The van der Waals surface area contributed by atoms with Gasteiger partial charge in [0, 0.05) is 42.4 Å². The van der Waals surface area contributed by atoms with Crippen LogP contribution in [0.25, 0.3) is 22.5 Å². The maximum absolute atomic E-state index is 13.8. The molecule has 4 rings (SSSR count). The molecule has 0 spiro atoms. The van der Waals surface area contributed by atoms with Crippen LogP contribution in [0.5, 0.6) is 0 Å². The first-order valence-corrected chi connectivity index (χ1v) is 12.5. The molecule has 0 fully saturated rings. The number of hydrogen-bond donors (Lipinski definition) is 4.